The van der Waals surface area contributed by atoms with Gasteiger partial charge in [0.05, 0.1) is 25.9 Å². The number of aromatic amines is 1. The van der Waals surface area contributed by atoms with Gasteiger partial charge in [0, 0.05) is 0 Å². The van der Waals surface area contributed by atoms with Crippen LogP contribution in [0.1, 0.15) is 22.9 Å². The third kappa shape index (κ3) is 4.76. The molecule has 4 aromatic rings. The number of hydrogen-bond acceptors (Lipinski definition) is 16. The van der Waals surface area contributed by atoms with Crippen LogP contribution < -0.4 is 17.0 Å². The molecule has 0 spiro atoms. The molecule has 2 fully saturated rings. The molecule has 230 valence electrons. The van der Waals surface area contributed by atoms with E-state index in [-0.39, 0.29) is 34.0 Å². The van der Waals surface area contributed by atoms with Gasteiger partial charge in [-0.1, -0.05) is 0 Å². The van der Waals surface area contributed by atoms with Crippen LogP contribution in [0, 0.1) is 0 Å². The highest BCUT2D eigenvalue weighted by Crippen LogP contribution is 2.57. The molecule has 6 heterocycles. The molecule has 0 radical (unpaired) electrons. The highest BCUT2D eigenvalue weighted by molar-refractivity contribution is 7.53. The maximum Gasteiger partial charge on any atom is 0.338 e. The number of rotatable bonds is 8. The number of aliphatic hydroxyl groups is 4. The fraction of sp³-hybridized carbons (Fsp3) is 0.476. The standard InChI is InChI=1S/C21H25N10O11P/c22-15(36)8-9-16(25-3-24-8)30(4-26-9)19-13(35)11(33)7(42-19)2-40-43(38,39)14-12(34)6(1-32)41-20(14)31-5-27-10-17(31)28-21(23)29-18(10)37/h3-7,11-14,19-20,32-35H,1-2H2,(H2,22,36)(H,38,39)(H3,23,28,29,37)/t6-,7-,11-,12-,13-,14-,19-,20-/m1/s1. The van der Waals surface area contributed by atoms with Crippen molar-refractivity contribution >= 4 is 41.8 Å². The summed E-state index contributed by atoms with van der Waals surface area (Å²) in [5.74, 6) is -1.15. The molecule has 2 saturated heterocycles. The maximum absolute atomic E-state index is 13.6. The summed E-state index contributed by atoms with van der Waals surface area (Å²) in [6, 6.07) is 0. The molecule has 0 aliphatic carbocycles. The van der Waals surface area contributed by atoms with Crippen LogP contribution in [-0.2, 0) is 18.6 Å². The SMILES string of the molecule is NC(=O)c1ncnc2c1ncn2[C@@H]1O[C@H](COP(=O)(O)[C@@H]2[C@H](O)[C@@H](CO)O[C@H]2n2cnc3c(=O)[nH]c(N)nc32)[C@@H](O)[C@H]1O. The van der Waals surface area contributed by atoms with Crippen molar-refractivity contribution in [2.24, 2.45) is 5.73 Å². The molecule has 22 heteroatoms. The van der Waals surface area contributed by atoms with Gasteiger partial charge in [-0.15, -0.1) is 0 Å². The molecular weight excluding hydrogens is 599 g/mol. The lowest BCUT2D eigenvalue weighted by atomic mass is 10.1. The minimum Gasteiger partial charge on any atom is -0.394 e. The molecule has 6 rings (SSSR count). The summed E-state index contributed by atoms with van der Waals surface area (Å²) in [5.41, 5.74) is 8.11. The Kier molecular flexibility index (Phi) is 7.23. The van der Waals surface area contributed by atoms with Gasteiger partial charge in [-0.2, -0.15) is 4.98 Å². The monoisotopic (exact) mass is 624 g/mol. The second kappa shape index (κ2) is 10.7. The third-order valence-electron chi connectivity index (χ3n) is 7.25. The molecule has 2 aliphatic heterocycles. The zero-order valence-corrected chi connectivity index (χ0v) is 22.6. The fourth-order valence-corrected chi connectivity index (χ4v) is 6.82. The average Bonchev–Trinajstić information content (AvgIpc) is 3.72. The van der Waals surface area contributed by atoms with E-state index in [1.807, 2.05) is 0 Å². The molecular formula is C21H25N10O11P. The molecule has 21 nitrogen and oxygen atoms in total. The van der Waals surface area contributed by atoms with Crippen molar-refractivity contribution in [1.29, 1.82) is 0 Å². The summed E-state index contributed by atoms with van der Waals surface area (Å²) in [5, 5.41) is 41.9. The van der Waals surface area contributed by atoms with Crippen molar-refractivity contribution in [3.8, 4) is 0 Å². The number of H-pyrrole nitrogens is 1. The van der Waals surface area contributed by atoms with Crippen LogP contribution >= 0.6 is 7.60 Å². The first-order chi connectivity index (χ1) is 20.4. The third-order valence-corrected chi connectivity index (χ3v) is 9.08. The summed E-state index contributed by atoms with van der Waals surface area (Å²) in [6.45, 7) is -1.50. The van der Waals surface area contributed by atoms with Gasteiger partial charge in [0.2, 0.25) is 5.95 Å². The Hall–Kier alpha value is -3.92. The number of carbonyl (C=O) groups excluding carboxylic acids is 1. The fourth-order valence-electron chi connectivity index (χ4n) is 5.17. The average molecular weight is 624 g/mol. The number of nitrogen functional groups attached to an aromatic ring is 1. The van der Waals surface area contributed by atoms with Crippen molar-refractivity contribution in [3.05, 3.63) is 35.0 Å². The summed E-state index contributed by atoms with van der Waals surface area (Å²) in [4.78, 5) is 57.0. The van der Waals surface area contributed by atoms with E-state index in [2.05, 4.69) is 29.9 Å². The van der Waals surface area contributed by atoms with Crippen LogP contribution in [-0.4, -0.2) is 120 Å². The smallest absolute Gasteiger partial charge is 0.338 e. The van der Waals surface area contributed by atoms with Gasteiger partial charge in [0.25, 0.3) is 11.5 Å². The highest BCUT2D eigenvalue weighted by Gasteiger charge is 2.56. The summed E-state index contributed by atoms with van der Waals surface area (Å²) in [6.07, 6.45) is -7.21. The Morgan fingerprint density at radius 2 is 1.67 bits per heavy atom. The number of aliphatic hydroxyl groups excluding tert-OH is 4. The number of nitrogens with one attached hydrogen (secondary N) is 1. The van der Waals surface area contributed by atoms with Crippen LogP contribution in [0.25, 0.3) is 22.3 Å². The number of nitrogens with two attached hydrogens (primary N) is 2. The molecule has 2 aliphatic rings. The van der Waals surface area contributed by atoms with Crippen LogP contribution in [0.15, 0.2) is 23.8 Å². The van der Waals surface area contributed by atoms with E-state index in [1.165, 1.54) is 10.9 Å². The summed E-state index contributed by atoms with van der Waals surface area (Å²) in [7, 11) is -4.92. The summed E-state index contributed by atoms with van der Waals surface area (Å²) >= 11 is 0. The van der Waals surface area contributed by atoms with Gasteiger partial charge in [0.15, 0.2) is 35.0 Å². The van der Waals surface area contributed by atoms with Gasteiger partial charge < -0.3 is 50.8 Å². The number of ether oxygens (including phenoxy) is 2. The lowest BCUT2D eigenvalue weighted by Crippen LogP contribution is -2.36. The number of aromatic nitrogens is 8. The van der Waals surface area contributed by atoms with E-state index >= 15 is 0 Å². The second-order valence-electron chi connectivity index (χ2n) is 9.82. The molecule has 1 unspecified atom stereocenters. The lowest BCUT2D eigenvalue weighted by molar-refractivity contribution is -0.0496. The largest absolute Gasteiger partial charge is 0.394 e. The Morgan fingerprint density at radius 3 is 2.37 bits per heavy atom. The number of imidazole rings is 2. The predicted molar refractivity (Wildman–Crippen MR) is 139 cm³/mol. The topological polar surface area (TPSA) is 322 Å². The molecule has 43 heavy (non-hydrogen) atoms. The number of fused-ring (bicyclic) bond motifs is 2. The Labute approximate surface area is 238 Å². The van der Waals surface area contributed by atoms with Crippen LogP contribution in [0.4, 0.5) is 5.95 Å². The van der Waals surface area contributed by atoms with Gasteiger partial charge >= 0.3 is 7.60 Å². The molecule has 0 bridgehead atoms. The van der Waals surface area contributed by atoms with E-state index < -0.39 is 80.9 Å². The molecule has 1 amide bonds. The molecule has 10 N–H and O–H groups in total. The van der Waals surface area contributed by atoms with Gasteiger partial charge in [-0.25, -0.2) is 19.9 Å². The Bertz CT molecular complexity index is 1810. The maximum atomic E-state index is 13.6. The normalized spacial score (nSPS) is 30.7. The minimum absolute atomic E-state index is 0.0183. The second-order valence-corrected chi connectivity index (χ2v) is 11.8. The predicted octanol–water partition coefficient (Wildman–Crippen LogP) is -3.92. The number of primary amides is 1. The van der Waals surface area contributed by atoms with Crippen molar-refractivity contribution in [3.63, 3.8) is 0 Å². The highest BCUT2D eigenvalue weighted by atomic mass is 31.2. The molecule has 0 aromatic carbocycles. The van der Waals surface area contributed by atoms with Crippen molar-refractivity contribution in [2.75, 3.05) is 18.9 Å². The van der Waals surface area contributed by atoms with E-state index in [0.717, 1.165) is 17.2 Å². The van der Waals surface area contributed by atoms with E-state index in [1.54, 1.807) is 0 Å². The number of hydrogen-bond donors (Lipinski definition) is 8. The Balaban J connectivity index is 1.25. The van der Waals surface area contributed by atoms with Crippen LogP contribution in [0.5, 0.6) is 0 Å². The number of anilines is 1. The number of carbonyl (C=O) groups is 1. The van der Waals surface area contributed by atoms with Crippen molar-refractivity contribution in [2.45, 2.75) is 48.6 Å². The molecule has 0 saturated carbocycles. The van der Waals surface area contributed by atoms with Crippen LogP contribution in [0.3, 0.4) is 0 Å². The minimum atomic E-state index is -4.92. The lowest BCUT2D eigenvalue weighted by Gasteiger charge is -2.27. The van der Waals surface area contributed by atoms with Gasteiger partial charge in [-0.05, 0) is 0 Å². The van der Waals surface area contributed by atoms with Crippen molar-refractivity contribution < 1.29 is 48.7 Å². The Morgan fingerprint density at radius 1 is 1.00 bits per heavy atom. The number of nitrogens with zero attached hydrogens (tertiary/aromatic N) is 7. The van der Waals surface area contributed by atoms with E-state index in [4.69, 9.17) is 25.5 Å². The van der Waals surface area contributed by atoms with Crippen LogP contribution in [0.2, 0.25) is 0 Å². The quantitative estimate of drug-likeness (QED) is 0.0868. The summed E-state index contributed by atoms with van der Waals surface area (Å²) < 4.78 is 32.6. The first kappa shape index (κ1) is 29.2. The zero-order chi connectivity index (χ0) is 30.8. The number of amides is 1. The van der Waals surface area contributed by atoms with Gasteiger partial charge in [0.1, 0.15) is 48.0 Å². The van der Waals surface area contributed by atoms with Crippen molar-refractivity contribution in [1.82, 2.24) is 39.0 Å². The van der Waals surface area contributed by atoms with E-state index in [0.29, 0.717) is 0 Å². The first-order valence-electron chi connectivity index (χ1n) is 12.6. The zero-order valence-electron chi connectivity index (χ0n) is 21.7. The molecule has 4 aromatic heterocycles. The van der Waals surface area contributed by atoms with Gasteiger partial charge in [-0.3, -0.25) is 28.3 Å². The molecule has 9 atom stereocenters. The first-order valence-corrected chi connectivity index (χ1v) is 14.2. The van der Waals surface area contributed by atoms with E-state index in [9.17, 15) is 39.5 Å².